The summed E-state index contributed by atoms with van der Waals surface area (Å²) in [6.07, 6.45) is -7.22. The van der Waals surface area contributed by atoms with Gasteiger partial charge in [0.2, 0.25) is 0 Å². The Balaban J connectivity index is 0.00000294. The molecule has 0 amide bonds. The molecule has 0 saturated carbocycles. The first-order chi connectivity index (χ1) is 21.7. The molecule has 0 nitrogen and oxygen atoms in total. The lowest BCUT2D eigenvalue weighted by Crippen LogP contribution is -2.81. The fraction of sp³-hybridized carbons (Fsp3) is 0.0400. The molecule has 22 heteroatoms. The van der Waals surface area contributed by atoms with Crippen LogP contribution < -0.4 is 21.9 Å². The molecule has 0 aliphatic heterocycles. The lowest BCUT2D eigenvalue weighted by atomic mass is 9.12. The molecule has 0 aliphatic rings. The van der Waals surface area contributed by atoms with Gasteiger partial charge in [0, 0.05) is 6.66 Å². The average molecular weight is 728 g/mol. The Bertz CT molecular complexity index is 1580. The molecule has 4 aromatic rings. The average Bonchev–Trinajstić information content (AvgIpc) is 3.05. The van der Waals surface area contributed by atoms with Crippen LogP contribution in [0.1, 0.15) is 0 Å². The predicted molar refractivity (Wildman–Crippen MR) is 126 cm³/mol. The van der Waals surface area contributed by atoms with E-state index < -0.39 is 144 Å². The second kappa shape index (κ2) is 12.9. The maximum absolute atomic E-state index is 15.4. The number of hydrogen-bond donors (Lipinski definition) is 0. The van der Waals surface area contributed by atoms with Crippen molar-refractivity contribution in [3.63, 3.8) is 0 Å². The number of hydrogen-bond acceptors (Lipinski definition) is 0. The van der Waals surface area contributed by atoms with Crippen molar-refractivity contribution in [2.75, 3.05) is 6.66 Å². The maximum Gasteiger partial charge on any atom is 0.200 e. The summed E-state index contributed by atoms with van der Waals surface area (Å²) in [6.45, 7) is 2.03. The van der Waals surface area contributed by atoms with Crippen LogP contribution in [0.5, 0.6) is 0 Å². The Morgan fingerprint density at radius 3 is 0.404 bits per heavy atom. The van der Waals surface area contributed by atoms with Gasteiger partial charge in [-0.1, -0.05) is 0 Å². The highest BCUT2D eigenvalue weighted by Crippen LogP contribution is 2.30. The molecule has 0 heterocycles. The first kappa shape index (κ1) is 37.4. The van der Waals surface area contributed by atoms with Crippen molar-refractivity contribution in [3.05, 3.63) is 116 Å². The summed E-state index contributed by atoms with van der Waals surface area (Å²) >= 11 is 0. The van der Waals surface area contributed by atoms with Gasteiger partial charge in [0.25, 0.3) is 0 Å². The molecule has 1 atom stereocenters. The van der Waals surface area contributed by atoms with Crippen LogP contribution in [-0.2, 0) is 0 Å². The number of benzene rings is 4. The topological polar surface area (TPSA) is 0 Å². The quantitative estimate of drug-likeness (QED) is 0.0788. The van der Waals surface area contributed by atoms with Gasteiger partial charge in [-0.25, -0.2) is 87.8 Å². The van der Waals surface area contributed by atoms with Crippen molar-refractivity contribution in [3.8, 4) is 0 Å². The van der Waals surface area contributed by atoms with E-state index in [0.29, 0.717) is 0 Å². The third kappa shape index (κ3) is 4.99. The van der Waals surface area contributed by atoms with Crippen LogP contribution in [0.2, 0.25) is 0 Å². The number of halogens is 20. The second-order valence-corrected chi connectivity index (χ2v) is 8.80. The van der Waals surface area contributed by atoms with E-state index in [1.165, 1.54) is 0 Å². The van der Waals surface area contributed by atoms with Crippen molar-refractivity contribution >= 4 is 37.2 Å². The van der Waals surface area contributed by atoms with Crippen LogP contribution in [0.4, 0.5) is 87.8 Å². The van der Waals surface area contributed by atoms with Crippen molar-refractivity contribution < 1.29 is 87.8 Å². The highest BCUT2D eigenvalue weighted by atomic mass is 31.0. The Labute approximate surface area is 248 Å². The van der Waals surface area contributed by atoms with Crippen LogP contribution in [0, 0.1) is 116 Å². The van der Waals surface area contributed by atoms with Gasteiger partial charge in [-0.15, -0.1) is 21.9 Å². The molecule has 1 unspecified atom stereocenters. The van der Waals surface area contributed by atoms with Gasteiger partial charge in [0.15, 0.2) is 69.8 Å². The third-order valence-electron chi connectivity index (χ3n) is 6.71. The van der Waals surface area contributed by atoms with Gasteiger partial charge in [0.1, 0.15) is 52.7 Å². The monoisotopic (exact) mass is 728 g/mol. The Morgan fingerprint density at radius 2 is 0.298 bits per heavy atom. The van der Waals surface area contributed by atoms with Crippen molar-refractivity contribution in [2.24, 2.45) is 0 Å². The summed E-state index contributed by atoms with van der Waals surface area (Å²) in [6, 6.07) is 0. The fourth-order valence-electron chi connectivity index (χ4n) is 4.87. The molecule has 0 N–H and O–H groups in total. The zero-order chi connectivity index (χ0) is 36.4. The van der Waals surface area contributed by atoms with E-state index in [-0.39, 0.29) is 0 Å². The van der Waals surface area contributed by atoms with Crippen LogP contribution >= 0.6 is 9.24 Å². The van der Waals surface area contributed by atoms with Gasteiger partial charge < -0.3 is 0 Å². The lowest BCUT2D eigenvalue weighted by Gasteiger charge is -2.44. The lowest BCUT2D eigenvalue weighted by molar-refractivity contribution is 0.378. The van der Waals surface area contributed by atoms with E-state index >= 15 is 35.1 Å². The minimum absolute atomic E-state index is 1.86. The van der Waals surface area contributed by atoms with E-state index in [0.717, 1.165) is 0 Å². The smallest absolute Gasteiger partial charge is 0.200 e. The van der Waals surface area contributed by atoms with E-state index in [9.17, 15) is 52.7 Å². The Kier molecular flexibility index (Phi) is 10.3. The molecule has 0 radical (unpaired) electrons. The molecule has 47 heavy (non-hydrogen) atoms. The van der Waals surface area contributed by atoms with Crippen molar-refractivity contribution in [2.45, 2.75) is 0 Å². The molecule has 254 valence electrons. The normalized spacial score (nSPS) is 11.7. The van der Waals surface area contributed by atoms with Crippen molar-refractivity contribution in [1.82, 2.24) is 0 Å². The molecule has 0 aliphatic carbocycles. The summed E-state index contributed by atoms with van der Waals surface area (Å²) in [7, 11) is 1.86. The molecular weight excluding hydrogens is 722 g/mol. The van der Waals surface area contributed by atoms with Gasteiger partial charge >= 0.3 is 0 Å². The standard InChI is InChI=1S/C24BF20.CH5P/c26-5-1(6(27)14(35)21(42)13(5)34)25(2-7(28)15(36)22(43)16(37)8(2)29,3-9(30)17(38)23(44)18(39)10(3)31)4-11(32)19(40)24(45)20(41)12(4)33;1-2/h;2H2,1H3/q-1;/p+1. The van der Waals surface area contributed by atoms with E-state index in [1.807, 2.05) is 15.9 Å². The van der Waals surface area contributed by atoms with E-state index in [4.69, 9.17) is 0 Å². The van der Waals surface area contributed by atoms with Gasteiger partial charge in [-0.05, 0) is 9.24 Å². The molecule has 0 saturated heterocycles. The minimum Gasteiger partial charge on any atom is -0.207 e. The first-order valence-electron chi connectivity index (χ1n) is 11.6. The van der Waals surface area contributed by atoms with Crippen LogP contribution in [-0.4, -0.2) is 12.8 Å². The summed E-state index contributed by atoms with van der Waals surface area (Å²) in [5.74, 6) is -71.4. The van der Waals surface area contributed by atoms with Gasteiger partial charge in [-0.2, -0.15) is 0 Å². The maximum atomic E-state index is 15.4. The Hall–Kier alpha value is -4.03. The van der Waals surface area contributed by atoms with Crippen LogP contribution in [0.3, 0.4) is 0 Å². The number of rotatable bonds is 4. The van der Waals surface area contributed by atoms with Crippen LogP contribution in [0.25, 0.3) is 0 Å². The second-order valence-electron chi connectivity index (χ2n) is 8.80. The summed E-state index contributed by atoms with van der Waals surface area (Å²) < 4.78 is 294. The molecule has 0 aromatic heterocycles. The van der Waals surface area contributed by atoms with E-state index in [2.05, 4.69) is 0 Å². The molecule has 4 aromatic carbocycles. The summed E-state index contributed by atoms with van der Waals surface area (Å²) in [5.41, 5.74) is -14.3. The minimum atomic E-state index is -7.22. The van der Waals surface area contributed by atoms with E-state index in [1.54, 1.807) is 0 Å². The zero-order valence-corrected chi connectivity index (χ0v) is 23.3. The van der Waals surface area contributed by atoms with Gasteiger partial charge in [0.05, 0.1) is 0 Å². The summed E-state index contributed by atoms with van der Waals surface area (Å²) in [5, 5.41) is 0. The molecule has 0 bridgehead atoms. The van der Waals surface area contributed by atoms with Crippen LogP contribution in [0.15, 0.2) is 0 Å². The van der Waals surface area contributed by atoms with Crippen molar-refractivity contribution in [1.29, 1.82) is 0 Å². The molecular formula is C25H6BF20P. The Morgan fingerprint density at radius 1 is 0.213 bits per heavy atom. The SMILES string of the molecule is C[PH3+].Fc1c(F)c(F)c([B-](c2c(F)c(F)c(F)c(F)c2F)(c2c(F)c(F)c(F)c(F)c2F)c2c(F)c(F)c(F)c(F)c2F)c(F)c1F. The predicted octanol–water partition coefficient (Wildman–Crippen LogP) is 6.07. The zero-order valence-electron chi connectivity index (χ0n) is 21.8. The first-order valence-corrected chi connectivity index (χ1v) is 13.1. The molecule has 4 rings (SSSR count). The highest BCUT2D eigenvalue weighted by molar-refractivity contribution is 7.20. The largest absolute Gasteiger partial charge is 0.207 e. The third-order valence-corrected chi connectivity index (χ3v) is 6.71. The fourth-order valence-corrected chi connectivity index (χ4v) is 4.87. The molecule has 0 spiro atoms. The highest BCUT2D eigenvalue weighted by Gasteiger charge is 2.52. The summed E-state index contributed by atoms with van der Waals surface area (Å²) in [4.78, 5) is 0. The molecule has 0 fully saturated rings. The van der Waals surface area contributed by atoms with Gasteiger partial charge in [-0.3, -0.25) is 0 Å².